The van der Waals surface area contributed by atoms with E-state index in [9.17, 15) is 9.59 Å². The van der Waals surface area contributed by atoms with Crippen molar-refractivity contribution < 1.29 is 9.53 Å². The van der Waals surface area contributed by atoms with Gasteiger partial charge in [0.2, 0.25) is 0 Å². The van der Waals surface area contributed by atoms with E-state index in [1.165, 1.54) is 0 Å². The van der Waals surface area contributed by atoms with Gasteiger partial charge in [-0.05, 0) is 38.3 Å². The van der Waals surface area contributed by atoms with E-state index in [-0.39, 0.29) is 17.6 Å². The molecular weight excluding hydrogens is 318 g/mol. The van der Waals surface area contributed by atoms with Gasteiger partial charge < -0.3 is 20.4 Å². The van der Waals surface area contributed by atoms with Crippen molar-refractivity contribution in [1.82, 2.24) is 10.3 Å². The third kappa shape index (κ3) is 3.85. The molecule has 1 atom stereocenters. The molecule has 0 radical (unpaired) electrons. The normalized spacial score (nSPS) is 14.6. The number of ether oxygens (including phenoxy) is 1. The monoisotopic (exact) mass is 343 g/mol. The molecule has 2 aromatic rings. The summed E-state index contributed by atoms with van der Waals surface area (Å²) >= 11 is 0. The molecule has 3 rings (SSSR count). The van der Waals surface area contributed by atoms with Gasteiger partial charge in [-0.1, -0.05) is 12.1 Å². The molecule has 1 unspecified atom stereocenters. The van der Waals surface area contributed by atoms with Crippen LogP contribution >= 0.6 is 0 Å². The highest BCUT2D eigenvalue weighted by Gasteiger charge is 2.17. The van der Waals surface area contributed by atoms with Crippen LogP contribution in [0.5, 0.6) is 0 Å². The highest BCUT2D eigenvalue weighted by atomic mass is 16.5. The van der Waals surface area contributed by atoms with Gasteiger partial charge in [-0.3, -0.25) is 9.59 Å². The van der Waals surface area contributed by atoms with E-state index in [0.29, 0.717) is 19.6 Å². The number of H-pyrrole nitrogens is 1. The molecule has 0 aliphatic carbocycles. The Morgan fingerprint density at radius 2 is 2.24 bits per heavy atom. The predicted octanol–water partition coefficient (Wildman–Crippen LogP) is 2.49. The largest absolute Gasteiger partial charge is 0.466 e. The number of esters is 1. The van der Waals surface area contributed by atoms with Crippen molar-refractivity contribution in [2.24, 2.45) is 0 Å². The molecule has 0 bridgehead atoms. The van der Waals surface area contributed by atoms with Crippen molar-refractivity contribution in [1.29, 1.82) is 0 Å². The lowest BCUT2D eigenvalue weighted by Gasteiger charge is -2.20. The number of benzene rings is 1. The van der Waals surface area contributed by atoms with E-state index >= 15 is 0 Å². The first-order valence-electron chi connectivity index (χ1n) is 8.92. The Labute approximate surface area is 147 Å². The Morgan fingerprint density at radius 3 is 3.04 bits per heavy atom. The second-order valence-corrected chi connectivity index (χ2v) is 6.37. The summed E-state index contributed by atoms with van der Waals surface area (Å²) in [5.41, 5.74) is 3.74. The van der Waals surface area contributed by atoms with Crippen LogP contribution in [0.3, 0.4) is 0 Å². The van der Waals surface area contributed by atoms with Crippen LogP contribution in [0.15, 0.2) is 23.0 Å². The van der Waals surface area contributed by atoms with E-state index in [1.807, 2.05) is 13.0 Å². The fourth-order valence-corrected chi connectivity index (χ4v) is 3.29. The van der Waals surface area contributed by atoms with Crippen LogP contribution in [0.25, 0.3) is 10.9 Å². The quantitative estimate of drug-likeness (QED) is 0.702. The molecule has 134 valence electrons. The lowest BCUT2D eigenvalue weighted by molar-refractivity contribution is -0.143. The minimum atomic E-state index is -0.192. The average Bonchev–Trinajstić information content (AvgIpc) is 2.61. The average molecular weight is 343 g/mol. The molecule has 0 fully saturated rings. The molecule has 3 N–H and O–H groups in total. The Bertz CT molecular complexity index is 829. The molecule has 25 heavy (non-hydrogen) atoms. The molecule has 6 nitrogen and oxygen atoms in total. The molecule has 1 aliphatic rings. The Hall–Kier alpha value is -2.34. The fraction of sp³-hybridized carbons (Fsp3) is 0.474. The summed E-state index contributed by atoms with van der Waals surface area (Å²) in [6.45, 7) is 5.71. The van der Waals surface area contributed by atoms with E-state index in [2.05, 4.69) is 27.8 Å². The summed E-state index contributed by atoms with van der Waals surface area (Å²) in [6.07, 6.45) is 2.16. The first kappa shape index (κ1) is 17.5. The van der Waals surface area contributed by atoms with E-state index in [1.54, 1.807) is 6.92 Å². The van der Waals surface area contributed by atoms with Gasteiger partial charge in [-0.2, -0.15) is 0 Å². The SMILES string of the molecule is CCOC(=O)CCNC(C)c1ccc2c3c(c(=O)[nH]c2c1)CCCN3. The number of rotatable bonds is 6. The van der Waals surface area contributed by atoms with Crippen molar-refractivity contribution in [3.8, 4) is 0 Å². The molecule has 0 spiro atoms. The number of aromatic nitrogens is 1. The maximum Gasteiger partial charge on any atom is 0.307 e. The zero-order valence-electron chi connectivity index (χ0n) is 14.8. The van der Waals surface area contributed by atoms with Crippen LogP contribution in [-0.2, 0) is 16.0 Å². The predicted molar refractivity (Wildman–Crippen MR) is 99.0 cm³/mol. The van der Waals surface area contributed by atoms with Gasteiger partial charge in [-0.25, -0.2) is 0 Å². The molecule has 1 aliphatic heterocycles. The summed E-state index contributed by atoms with van der Waals surface area (Å²) in [7, 11) is 0. The van der Waals surface area contributed by atoms with Gasteiger partial charge in [-0.15, -0.1) is 0 Å². The van der Waals surface area contributed by atoms with Gasteiger partial charge in [0.15, 0.2) is 0 Å². The van der Waals surface area contributed by atoms with Crippen LogP contribution < -0.4 is 16.2 Å². The Morgan fingerprint density at radius 1 is 1.40 bits per heavy atom. The van der Waals surface area contributed by atoms with Gasteiger partial charge in [0.1, 0.15) is 0 Å². The molecular formula is C19H25N3O3. The van der Waals surface area contributed by atoms with Crippen molar-refractivity contribution in [2.75, 3.05) is 25.0 Å². The fourth-order valence-electron chi connectivity index (χ4n) is 3.29. The summed E-state index contributed by atoms with van der Waals surface area (Å²) in [5.74, 6) is -0.192. The minimum absolute atomic E-state index is 0.00484. The number of carbonyl (C=O) groups is 1. The van der Waals surface area contributed by atoms with Crippen molar-refractivity contribution in [3.63, 3.8) is 0 Å². The maximum atomic E-state index is 12.3. The van der Waals surface area contributed by atoms with E-state index < -0.39 is 0 Å². The molecule has 1 aromatic carbocycles. The number of aromatic amines is 1. The van der Waals surface area contributed by atoms with Gasteiger partial charge >= 0.3 is 5.97 Å². The summed E-state index contributed by atoms with van der Waals surface area (Å²) in [6, 6.07) is 6.21. The third-order valence-corrected chi connectivity index (χ3v) is 4.63. The number of anilines is 1. The van der Waals surface area contributed by atoms with Crippen molar-refractivity contribution in [2.45, 2.75) is 39.2 Å². The van der Waals surface area contributed by atoms with Crippen LogP contribution in [0.1, 0.15) is 43.9 Å². The second-order valence-electron chi connectivity index (χ2n) is 6.37. The van der Waals surface area contributed by atoms with Crippen LogP contribution in [0.2, 0.25) is 0 Å². The van der Waals surface area contributed by atoms with Gasteiger partial charge in [0.25, 0.3) is 5.56 Å². The number of carbonyl (C=O) groups excluding carboxylic acids is 1. The zero-order valence-corrected chi connectivity index (χ0v) is 14.8. The highest BCUT2D eigenvalue weighted by molar-refractivity contribution is 5.93. The molecule has 6 heteroatoms. The van der Waals surface area contributed by atoms with Gasteiger partial charge in [0.05, 0.1) is 24.2 Å². The first-order chi connectivity index (χ1) is 12.1. The Balaban J connectivity index is 1.77. The zero-order chi connectivity index (χ0) is 17.8. The van der Waals surface area contributed by atoms with Crippen molar-refractivity contribution in [3.05, 3.63) is 39.7 Å². The number of fused-ring (bicyclic) bond motifs is 3. The molecule has 1 aromatic heterocycles. The van der Waals surface area contributed by atoms with E-state index in [4.69, 9.17) is 4.74 Å². The highest BCUT2D eigenvalue weighted by Crippen LogP contribution is 2.29. The summed E-state index contributed by atoms with van der Waals surface area (Å²) < 4.78 is 4.93. The Kier molecular flexibility index (Phi) is 5.38. The van der Waals surface area contributed by atoms with Crippen molar-refractivity contribution >= 4 is 22.6 Å². The summed E-state index contributed by atoms with van der Waals surface area (Å²) in [5, 5.41) is 7.74. The molecule has 2 heterocycles. The third-order valence-electron chi connectivity index (χ3n) is 4.63. The smallest absolute Gasteiger partial charge is 0.307 e. The van der Waals surface area contributed by atoms with Crippen LogP contribution in [-0.4, -0.2) is 30.6 Å². The van der Waals surface area contributed by atoms with Gasteiger partial charge in [0, 0.05) is 30.1 Å². The first-order valence-corrected chi connectivity index (χ1v) is 8.92. The standard InChI is InChI=1S/C19H25N3O3/c1-3-25-17(23)8-10-20-12(2)13-6-7-14-16(11-13)22-19(24)15-5-4-9-21-18(14)15/h6-7,11-12,20-21H,3-5,8-10H2,1-2H3,(H,22,24). The number of hydrogen-bond donors (Lipinski definition) is 3. The number of nitrogens with one attached hydrogen (secondary N) is 3. The second kappa shape index (κ2) is 7.70. The van der Waals surface area contributed by atoms with E-state index in [0.717, 1.165) is 47.1 Å². The lowest BCUT2D eigenvalue weighted by Crippen LogP contribution is -2.24. The van der Waals surface area contributed by atoms with Crippen LogP contribution in [0.4, 0.5) is 5.69 Å². The number of pyridine rings is 1. The maximum absolute atomic E-state index is 12.3. The lowest BCUT2D eigenvalue weighted by atomic mass is 9.99. The molecule has 0 saturated heterocycles. The summed E-state index contributed by atoms with van der Waals surface area (Å²) in [4.78, 5) is 26.7. The molecule has 0 amide bonds. The topological polar surface area (TPSA) is 83.2 Å². The number of hydrogen-bond acceptors (Lipinski definition) is 5. The minimum Gasteiger partial charge on any atom is -0.466 e. The van der Waals surface area contributed by atoms with Crippen LogP contribution in [0, 0.1) is 0 Å². The molecule has 0 saturated carbocycles.